The molecule has 0 fully saturated rings. The third-order valence-electron chi connectivity index (χ3n) is 6.27. The largest absolute Gasteiger partial charge is 0.494 e. The number of benzene rings is 2. The molecule has 0 bridgehead atoms. The molecule has 2 aliphatic heterocycles. The molecule has 1 aromatic heterocycles. The van der Waals surface area contributed by atoms with Gasteiger partial charge in [-0.15, -0.1) is 0 Å². The van der Waals surface area contributed by atoms with Gasteiger partial charge in [0.25, 0.3) is 11.8 Å². The normalized spacial score (nSPS) is 15.7. The van der Waals surface area contributed by atoms with Crippen LogP contribution in [0.25, 0.3) is 5.57 Å². The van der Waals surface area contributed by atoms with Gasteiger partial charge < -0.3 is 9.64 Å². The van der Waals surface area contributed by atoms with Crippen molar-refractivity contribution in [3.05, 3.63) is 101 Å². The van der Waals surface area contributed by atoms with Crippen LogP contribution in [0.15, 0.2) is 78.8 Å². The minimum absolute atomic E-state index is 0.195. The molecule has 172 valence electrons. The Hall–Kier alpha value is -3.93. The van der Waals surface area contributed by atoms with Crippen LogP contribution in [0.3, 0.4) is 0 Å². The van der Waals surface area contributed by atoms with Gasteiger partial charge in [0, 0.05) is 25.5 Å². The Morgan fingerprint density at radius 1 is 0.941 bits per heavy atom. The molecular weight excluding hydrogens is 426 g/mol. The number of carbonyl (C=O) groups excluding carboxylic acids is 2. The summed E-state index contributed by atoms with van der Waals surface area (Å²) in [5.41, 5.74) is 4.96. The number of hydrogen-bond donors (Lipinski definition) is 0. The summed E-state index contributed by atoms with van der Waals surface area (Å²) in [6, 6.07) is 19.4. The highest BCUT2D eigenvalue weighted by Crippen LogP contribution is 2.35. The monoisotopic (exact) mass is 453 g/mol. The molecule has 0 unspecified atom stereocenters. The van der Waals surface area contributed by atoms with Gasteiger partial charge in [0.2, 0.25) is 0 Å². The molecule has 34 heavy (non-hydrogen) atoms. The van der Waals surface area contributed by atoms with E-state index in [4.69, 9.17) is 4.74 Å². The van der Waals surface area contributed by atoms with E-state index in [0.717, 1.165) is 29.7 Å². The first kappa shape index (κ1) is 21.9. The zero-order valence-electron chi connectivity index (χ0n) is 19.2. The number of hydrogen-bond acceptors (Lipinski definition) is 5. The quantitative estimate of drug-likeness (QED) is 0.502. The van der Waals surface area contributed by atoms with Crippen LogP contribution in [0.2, 0.25) is 0 Å². The van der Waals surface area contributed by atoms with Gasteiger partial charge in [0.1, 0.15) is 11.4 Å². The van der Waals surface area contributed by atoms with E-state index in [0.29, 0.717) is 31.0 Å². The van der Waals surface area contributed by atoms with E-state index < -0.39 is 0 Å². The summed E-state index contributed by atoms with van der Waals surface area (Å²) in [5, 5.41) is 0. The molecule has 0 aliphatic carbocycles. The molecule has 0 radical (unpaired) electrons. The van der Waals surface area contributed by atoms with E-state index >= 15 is 0 Å². The summed E-state index contributed by atoms with van der Waals surface area (Å²) in [7, 11) is 0. The number of fused-ring (bicyclic) bond motifs is 1. The average molecular weight is 454 g/mol. The summed E-state index contributed by atoms with van der Waals surface area (Å²) in [5.74, 6) is 0.225. The maximum Gasteiger partial charge on any atom is 0.278 e. The Morgan fingerprint density at radius 3 is 2.47 bits per heavy atom. The van der Waals surface area contributed by atoms with Crippen molar-refractivity contribution in [3.8, 4) is 5.75 Å². The van der Waals surface area contributed by atoms with E-state index in [1.807, 2.05) is 48.5 Å². The molecule has 0 saturated carbocycles. The molecule has 2 aliphatic rings. The summed E-state index contributed by atoms with van der Waals surface area (Å²) in [6.45, 7) is 4.18. The lowest BCUT2D eigenvalue weighted by molar-refractivity contribution is -0.138. The fourth-order valence-corrected chi connectivity index (χ4v) is 4.56. The molecule has 0 atom stereocenters. The number of carbonyl (C=O) groups is 2. The number of aromatic nitrogens is 1. The topological polar surface area (TPSA) is 62.7 Å². The lowest BCUT2D eigenvalue weighted by Gasteiger charge is -2.31. The summed E-state index contributed by atoms with van der Waals surface area (Å²) in [4.78, 5) is 34.9. The van der Waals surface area contributed by atoms with Gasteiger partial charge in [-0.1, -0.05) is 49.4 Å². The molecule has 6 heteroatoms. The van der Waals surface area contributed by atoms with Crippen LogP contribution in [0.4, 0.5) is 0 Å². The van der Waals surface area contributed by atoms with Crippen molar-refractivity contribution in [3.63, 3.8) is 0 Å². The third-order valence-corrected chi connectivity index (χ3v) is 6.27. The Bertz CT molecular complexity index is 1240. The fourth-order valence-electron chi connectivity index (χ4n) is 4.56. The number of pyridine rings is 1. The molecule has 2 amide bonds. The van der Waals surface area contributed by atoms with Crippen molar-refractivity contribution in [2.45, 2.75) is 32.9 Å². The summed E-state index contributed by atoms with van der Waals surface area (Å²) >= 11 is 0. The van der Waals surface area contributed by atoms with Crippen LogP contribution in [0.1, 0.15) is 35.6 Å². The summed E-state index contributed by atoms with van der Waals surface area (Å²) < 4.78 is 5.71. The first-order valence-electron chi connectivity index (χ1n) is 11.7. The third kappa shape index (κ3) is 4.19. The molecule has 0 spiro atoms. The Morgan fingerprint density at radius 2 is 1.74 bits per heavy atom. The van der Waals surface area contributed by atoms with Crippen molar-refractivity contribution >= 4 is 17.4 Å². The standard InChI is InChI=1S/C28H27N3O3/c1-2-16-34-24-11-9-22(10-12-24)25-26(30-15-13-21-7-3-4-8-23(21)19-30)28(33)31(27(25)32)18-20-6-5-14-29-17-20/h3-12,14,17H,2,13,15-16,18-19H2,1H3. The molecule has 3 aromatic rings. The maximum atomic E-state index is 13.7. The summed E-state index contributed by atoms with van der Waals surface area (Å²) in [6.07, 6.45) is 5.12. The first-order valence-corrected chi connectivity index (χ1v) is 11.7. The molecule has 2 aromatic carbocycles. The molecule has 5 rings (SSSR count). The number of imide groups is 1. The van der Waals surface area contributed by atoms with Gasteiger partial charge >= 0.3 is 0 Å². The van der Waals surface area contributed by atoms with E-state index in [9.17, 15) is 9.59 Å². The first-order chi connectivity index (χ1) is 16.7. The zero-order valence-corrected chi connectivity index (χ0v) is 19.2. The minimum atomic E-state index is -0.273. The van der Waals surface area contributed by atoms with Crippen LogP contribution >= 0.6 is 0 Å². The van der Waals surface area contributed by atoms with Crippen molar-refractivity contribution in [1.82, 2.24) is 14.8 Å². The molecule has 0 N–H and O–H groups in total. The van der Waals surface area contributed by atoms with Crippen LogP contribution in [0.5, 0.6) is 5.75 Å². The van der Waals surface area contributed by atoms with Crippen LogP contribution in [-0.2, 0) is 29.1 Å². The van der Waals surface area contributed by atoms with Crippen molar-refractivity contribution in [1.29, 1.82) is 0 Å². The number of amides is 2. The Kier molecular flexibility index (Phi) is 6.12. The van der Waals surface area contributed by atoms with E-state index in [1.54, 1.807) is 12.4 Å². The fraction of sp³-hybridized carbons (Fsp3) is 0.250. The van der Waals surface area contributed by atoms with E-state index in [1.165, 1.54) is 16.0 Å². The minimum Gasteiger partial charge on any atom is -0.494 e. The lowest BCUT2D eigenvalue weighted by atomic mass is 9.98. The van der Waals surface area contributed by atoms with Crippen LogP contribution in [-0.4, -0.2) is 39.7 Å². The molecule has 0 saturated heterocycles. The highest BCUT2D eigenvalue weighted by molar-refractivity contribution is 6.35. The Balaban J connectivity index is 1.52. The van der Waals surface area contributed by atoms with Crippen molar-refractivity contribution in [2.24, 2.45) is 0 Å². The number of nitrogens with zero attached hydrogens (tertiary/aromatic N) is 3. The second-order valence-corrected chi connectivity index (χ2v) is 8.59. The second kappa shape index (κ2) is 9.51. The highest BCUT2D eigenvalue weighted by Gasteiger charge is 2.42. The van der Waals surface area contributed by atoms with Gasteiger partial charge in [0.15, 0.2) is 0 Å². The second-order valence-electron chi connectivity index (χ2n) is 8.59. The number of rotatable bonds is 7. The van der Waals surface area contributed by atoms with Gasteiger partial charge in [-0.2, -0.15) is 0 Å². The SMILES string of the molecule is CCCOc1ccc(C2=C(N3CCc4ccccc4C3)C(=O)N(Cc3cccnc3)C2=O)cc1. The molecular formula is C28H27N3O3. The van der Waals surface area contributed by atoms with E-state index in [2.05, 4.69) is 28.9 Å². The van der Waals surface area contributed by atoms with Crippen molar-refractivity contribution < 1.29 is 14.3 Å². The van der Waals surface area contributed by atoms with Gasteiger partial charge in [-0.05, 0) is 53.3 Å². The lowest BCUT2D eigenvalue weighted by Crippen LogP contribution is -2.37. The van der Waals surface area contributed by atoms with E-state index in [-0.39, 0.29) is 18.4 Å². The predicted molar refractivity (Wildman–Crippen MR) is 129 cm³/mol. The smallest absolute Gasteiger partial charge is 0.278 e. The maximum absolute atomic E-state index is 13.7. The molecule has 6 nitrogen and oxygen atoms in total. The van der Waals surface area contributed by atoms with Crippen LogP contribution in [0, 0.1) is 0 Å². The van der Waals surface area contributed by atoms with Gasteiger partial charge in [-0.3, -0.25) is 19.5 Å². The predicted octanol–water partition coefficient (Wildman–Crippen LogP) is 4.21. The highest BCUT2D eigenvalue weighted by atomic mass is 16.5. The zero-order chi connectivity index (χ0) is 23.5. The average Bonchev–Trinajstić information content (AvgIpc) is 3.13. The number of ether oxygens (including phenoxy) is 1. The van der Waals surface area contributed by atoms with Gasteiger partial charge in [-0.25, -0.2) is 0 Å². The van der Waals surface area contributed by atoms with Gasteiger partial charge in [0.05, 0.1) is 18.7 Å². The Labute approximate surface area is 199 Å². The molecule has 3 heterocycles. The van der Waals surface area contributed by atoms with Crippen LogP contribution < -0.4 is 4.74 Å². The van der Waals surface area contributed by atoms with Crippen molar-refractivity contribution in [2.75, 3.05) is 13.2 Å².